The van der Waals surface area contributed by atoms with Gasteiger partial charge in [0.15, 0.2) is 0 Å². The highest BCUT2D eigenvalue weighted by molar-refractivity contribution is 9.10. The van der Waals surface area contributed by atoms with Crippen LogP contribution in [0.15, 0.2) is 61.8 Å². The molecule has 0 amide bonds. The monoisotopic (exact) mass is 563 g/mol. The summed E-state index contributed by atoms with van der Waals surface area (Å²) in [6.07, 6.45) is -0.0669. The van der Waals surface area contributed by atoms with Crippen LogP contribution in [-0.4, -0.2) is 63.5 Å². The number of hydrogen-bond donors (Lipinski definition) is 0. The quantitative estimate of drug-likeness (QED) is 0.327. The van der Waals surface area contributed by atoms with Crippen LogP contribution in [0, 0.1) is 5.92 Å². The SMILES string of the molecule is C=Nc1ccccc1C(CC(=O)OC)=N[C@]1(C)CN(S(=O)(=O)c2ccc(OCC)cc2Br)C[C@H]1C. The molecule has 0 unspecified atom stereocenters. The van der Waals surface area contributed by atoms with E-state index in [0.717, 1.165) is 0 Å². The van der Waals surface area contributed by atoms with E-state index in [4.69, 9.17) is 14.5 Å². The van der Waals surface area contributed by atoms with Gasteiger partial charge >= 0.3 is 5.97 Å². The average molecular weight is 565 g/mol. The normalized spacial score (nSPS) is 21.1. The van der Waals surface area contributed by atoms with Crippen LogP contribution >= 0.6 is 15.9 Å². The lowest BCUT2D eigenvalue weighted by atomic mass is 9.90. The number of carbonyl (C=O) groups excluding carboxylic acids is 1. The first kappa shape index (κ1) is 27.0. The Kier molecular flexibility index (Phi) is 8.50. The summed E-state index contributed by atoms with van der Waals surface area (Å²) in [5.41, 5.74) is 0.961. The highest BCUT2D eigenvalue weighted by Gasteiger charge is 2.46. The Morgan fingerprint density at radius 3 is 2.63 bits per heavy atom. The number of para-hydroxylation sites is 1. The molecule has 1 aliphatic heterocycles. The van der Waals surface area contributed by atoms with E-state index >= 15 is 0 Å². The summed E-state index contributed by atoms with van der Waals surface area (Å²) < 4.78 is 39.3. The van der Waals surface area contributed by atoms with Crippen molar-refractivity contribution in [1.29, 1.82) is 0 Å². The number of halogens is 1. The van der Waals surface area contributed by atoms with Crippen LogP contribution in [0.3, 0.4) is 0 Å². The van der Waals surface area contributed by atoms with Gasteiger partial charge in [0.05, 0.1) is 42.0 Å². The molecular weight excluding hydrogens is 534 g/mol. The van der Waals surface area contributed by atoms with Gasteiger partial charge in [0, 0.05) is 23.1 Å². The highest BCUT2D eigenvalue weighted by Crippen LogP contribution is 2.38. The number of hydrogen-bond acceptors (Lipinski definition) is 7. The second-order valence-electron chi connectivity index (χ2n) is 8.57. The summed E-state index contributed by atoms with van der Waals surface area (Å²) in [5.74, 6) is 0.0272. The van der Waals surface area contributed by atoms with E-state index in [1.54, 1.807) is 24.3 Å². The molecule has 0 bridgehead atoms. The fraction of sp³-hybridized carbons (Fsp3) is 0.400. The van der Waals surface area contributed by atoms with Crippen LogP contribution < -0.4 is 4.74 Å². The van der Waals surface area contributed by atoms with Gasteiger partial charge in [-0.25, -0.2) is 8.42 Å². The zero-order chi connectivity index (χ0) is 25.8. The zero-order valence-corrected chi connectivity index (χ0v) is 22.7. The molecule has 188 valence electrons. The third-order valence-electron chi connectivity index (χ3n) is 6.18. The van der Waals surface area contributed by atoms with E-state index in [1.165, 1.54) is 11.4 Å². The Labute approximate surface area is 215 Å². The minimum atomic E-state index is -3.80. The predicted molar refractivity (Wildman–Crippen MR) is 140 cm³/mol. The van der Waals surface area contributed by atoms with Gasteiger partial charge in [-0.1, -0.05) is 25.1 Å². The Morgan fingerprint density at radius 1 is 1.29 bits per heavy atom. The van der Waals surface area contributed by atoms with Gasteiger partial charge in [-0.15, -0.1) is 0 Å². The lowest BCUT2D eigenvalue weighted by Crippen LogP contribution is -2.35. The number of nitrogens with zero attached hydrogens (tertiary/aromatic N) is 3. The molecule has 0 aliphatic carbocycles. The molecule has 2 atom stereocenters. The predicted octanol–water partition coefficient (Wildman–Crippen LogP) is 4.63. The topological polar surface area (TPSA) is 97.6 Å². The second kappa shape index (κ2) is 11.0. The standard InChI is InChI=1S/C25H30BrN3O5S/c1-6-34-18-11-12-23(20(26)13-18)35(31,32)29-15-17(2)25(3,16-29)28-22(14-24(30)33-5)19-9-7-8-10-21(19)27-4/h7-13,17H,4,6,14-16H2,1-3,5H3/t17-,25-/m1/s1. The molecule has 1 aliphatic rings. The summed E-state index contributed by atoms with van der Waals surface area (Å²) in [4.78, 5) is 21.4. The largest absolute Gasteiger partial charge is 0.494 e. The first-order valence-corrected chi connectivity index (χ1v) is 13.4. The first-order chi connectivity index (χ1) is 16.6. The number of sulfonamides is 1. The number of carbonyl (C=O) groups is 1. The highest BCUT2D eigenvalue weighted by atomic mass is 79.9. The number of aliphatic imine (C=N–C) groups is 2. The molecule has 0 radical (unpaired) electrons. The van der Waals surface area contributed by atoms with E-state index in [-0.39, 0.29) is 30.3 Å². The van der Waals surface area contributed by atoms with Crippen molar-refractivity contribution in [3.05, 3.63) is 52.5 Å². The average Bonchev–Trinajstić information content (AvgIpc) is 3.13. The summed E-state index contributed by atoms with van der Waals surface area (Å²) in [7, 11) is -2.48. The van der Waals surface area contributed by atoms with Crippen molar-refractivity contribution in [2.24, 2.45) is 15.9 Å². The maximum Gasteiger partial charge on any atom is 0.311 e. The third-order valence-corrected chi connectivity index (χ3v) is 8.97. The van der Waals surface area contributed by atoms with Gasteiger partial charge < -0.3 is 9.47 Å². The van der Waals surface area contributed by atoms with E-state index < -0.39 is 21.5 Å². The molecule has 1 saturated heterocycles. The molecule has 2 aromatic carbocycles. The summed E-state index contributed by atoms with van der Waals surface area (Å²) in [5, 5.41) is 0. The van der Waals surface area contributed by atoms with Gasteiger partial charge in [-0.05, 0) is 66.7 Å². The van der Waals surface area contributed by atoms with Crippen molar-refractivity contribution in [1.82, 2.24) is 4.31 Å². The van der Waals surface area contributed by atoms with Crippen molar-refractivity contribution >= 4 is 50.0 Å². The second-order valence-corrected chi connectivity index (χ2v) is 11.3. The molecule has 3 rings (SSSR count). The third kappa shape index (κ3) is 5.82. The minimum Gasteiger partial charge on any atom is -0.494 e. The molecule has 1 fully saturated rings. The Bertz CT molecular complexity index is 1250. The number of methoxy groups -OCH3 is 1. The molecule has 0 aromatic heterocycles. The van der Waals surface area contributed by atoms with Gasteiger partial charge in [0.1, 0.15) is 5.75 Å². The molecule has 2 aromatic rings. The molecule has 1 heterocycles. The molecule has 10 heteroatoms. The van der Waals surface area contributed by atoms with E-state index in [1.807, 2.05) is 39.0 Å². The fourth-order valence-corrected chi connectivity index (χ4v) is 6.71. The van der Waals surface area contributed by atoms with Crippen LogP contribution in [0.2, 0.25) is 0 Å². The van der Waals surface area contributed by atoms with Crippen LogP contribution in [0.1, 0.15) is 32.8 Å². The van der Waals surface area contributed by atoms with Gasteiger partial charge in [-0.3, -0.25) is 14.8 Å². The molecule has 35 heavy (non-hydrogen) atoms. The maximum absolute atomic E-state index is 13.5. The van der Waals surface area contributed by atoms with Crippen molar-refractivity contribution in [2.45, 2.75) is 37.6 Å². The van der Waals surface area contributed by atoms with Crippen molar-refractivity contribution in [2.75, 3.05) is 26.8 Å². The van der Waals surface area contributed by atoms with E-state index in [0.29, 0.717) is 33.8 Å². The van der Waals surface area contributed by atoms with Crippen molar-refractivity contribution < 1.29 is 22.7 Å². The van der Waals surface area contributed by atoms with Crippen LogP contribution in [0.4, 0.5) is 5.69 Å². The lowest BCUT2D eigenvalue weighted by Gasteiger charge is -2.26. The fourth-order valence-electron chi connectivity index (χ4n) is 4.06. The summed E-state index contributed by atoms with van der Waals surface area (Å²) in [6.45, 7) is 10.3. The van der Waals surface area contributed by atoms with Crippen LogP contribution in [0.25, 0.3) is 0 Å². The molecule has 0 spiro atoms. The van der Waals surface area contributed by atoms with Crippen molar-refractivity contribution in [3.8, 4) is 5.75 Å². The van der Waals surface area contributed by atoms with Gasteiger partial charge in [0.2, 0.25) is 10.0 Å². The van der Waals surface area contributed by atoms with Gasteiger partial charge in [0.25, 0.3) is 0 Å². The number of ether oxygens (including phenoxy) is 2. The van der Waals surface area contributed by atoms with E-state index in [9.17, 15) is 13.2 Å². The zero-order valence-electron chi connectivity index (χ0n) is 20.3. The van der Waals surface area contributed by atoms with Crippen LogP contribution in [0.5, 0.6) is 5.75 Å². The first-order valence-electron chi connectivity index (χ1n) is 11.2. The molecule has 0 saturated carbocycles. The number of benzene rings is 2. The smallest absolute Gasteiger partial charge is 0.311 e. The Hall–Kier alpha value is -2.56. The lowest BCUT2D eigenvalue weighted by molar-refractivity contribution is -0.139. The van der Waals surface area contributed by atoms with Crippen LogP contribution in [-0.2, 0) is 19.6 Å². The number of rotatable bonds is 9. The summed E-state index contributed by atoms with van der Waals surface area (Å²) in [6, 6.07) is 12.1. The molecular formula is C25H30BrN3O5S. The minimum absolute atomic E-state index is 0.0669. The molecule has 0 N–H and O–H groups in total. The Morgan fingerprint density at radius 2 is 2.00 bits per heavy atom. The van der Waals surface area contributed by atoms with Crippen molar-refractivity contribution in [3.63, 3.8) is 0 Å². The van der Waals surface area contributed by atoms with Gasteiger partial charge in [-0.2, -0.15) is 4.31 Å². The maximum atomic E-state index is 13.5. The molecule has 8 nitrogen and oxygen atoms in total. The van der Waals surface area contributed by atoms with E-state index in [2.05, 4.69) is 27.6 Å². The summed E-state index contributed by atoms with van der Waals surface area (Å²) >= 11 is 3.38. The number of esters is 1. The Balaban J connectivity index is 1.99.